The summed E-state index contributed by atoms with van der Waals surface area (Å²) in [6.45, 7) is 6.07. The van der Waals surface area contributed by atoms with Crippen LogP contribution in [-0.4, -0.2) is 78.6 Å². The van der Waals surface area contributed by atoms with Gasteiger partial charge in [-0.05, 0) is 38.5 Å². The lowest BCUT2D eigenvalue weighted by Crippen LogP contribution is -2.63. The maximum absolute atomic E-state index is 12.6. The summed E-state index contributed by atoms with van der Waals surface area (Å²) in [5.41, 5.74) is 0.320. The van der Waals surface area contributed by atoms with Gasteiger partial charge in [0.05, 0.1) is 26.9 Å². The smallest absolute Gasteiger partial charge is 0.411 e. The third-order valence-corrected chi connectivity index (χ3v) is 4.56. The first-order chi connectivity index (χ1) is 13.2. The van der Waals surface area contributed by atoms with Crippen LogP contribution < -0.4 is 4.74 Å². The lowest BCUT2D eigenvalue weighted by Gasteiger charge is -2.44. The van der Waals surface area contributed by atoms with Crippen molar-refractivity contribution in [3.63, 3.8) is 0 Å². The number of nitrogens with zero attached hydrogens (tertiary/aromatic N) is 2. The quantitative estimate of drug-likeness (QED) is 0.760. The van der Waals surface area contributed by atoms with E-state index in [9.17, 15) is 14.7 Å². The number of carbonyl (C=O) groups excluding carboxylic acids is 2. The van der Waals surface area contributed by atoms with Crippen molar-refractivity contribution in [1.29, 1.82) is 0 Å². The number of aliphatic hydroxyl groups excluding tert-OH is 1. The molecule has 2 atom stereocenters. The number of piperazine rings is 1. The molecule has 1 saturated heterocycles. The predicted molar refractivity (Wildman–Crippen MR) is 103 cm³/mol. The van der Waals surface area contributed by atoms with Gasteiger partial charge >= 0.3 is 12.1 Å². The van der Waals surface area contributed by atoms with E-state index in [1.165, 1.54) is 12.0 Å². The summed E-state index contributed by atoms with van der Waals surface area (Å²) in [6.07, 6.45) is -0.592. The molecule has 1 amide bonds. The van der Waals surface area contributed by atoms with Crippen molar-refractivity contribution in [2.45, 2.75) is 45.0 Å². The summed E-state index contributed by atoms with van der Waals surface area (Å²) in [7, 11) is 2.90. The molecule has 1 heterocycles. The Morgan fingerprint density at radius 3 is 2.29 bits per heavy atom. The first-order valence-corrected chi connectivity index (χ1v) is 9.23. The van der Waals surface area contributed by atoms with E-state index in [4.69, 9.17) is 14.2 Å². The van der Waals surface area contributed by atoms with Crippen molar-refractivity contribution in [3.05, 3.63) is 29.8 Å². The van der Waals surface area contributed by atoms with E-state index in [2.05, 4.69) is 0 Å². The summed E-state index contributed by atoms with van der Waals surface area (Å²) in [4.78, 5) is 28.3. The van der Waals surface area contributed by atoms with Gasteiger partial charge in [-0.3, -0.25) is 9.80 Å². The van der Waals surface area contributed by atoms with Crippen LogP contribution in [0.15, 0.2) is 24.3 Å². The second-order valence-corrected chi connectivity index (χ2v) is 7.79. The number of methoxy groups -OCH3 is 2. The number of hydrogen-bond acceptors (Lipinski definition) is 7. The number of carbonyl (C=O) groups is 2. The van der Waals surface area contributed by atoms with Crippen LogP contribution in [0.1, 0.15) is 26.3 Å². The van der Waals surface area contributed by atoms with Crippen LogP contribution in [0.2, 0.25) is 0 Å². The zero-order valence-corrected chi connectivity index (χ0v) is 17.2. The fourth-order valence-electron chi connectivity index (χ4n) is 3.13. The topological polar surface area (TPSA) is 88.5 Å². The molecule has 0 radical (unpaired) electrons. The third-order valence-electron chi connectivity index (χ3n) is 4.56. The van der Waals surface area contributed by atoms with Crippen LogP contribution in [-0.2, 0) is 20.8 Å². The fraction of sp³-hybridized carbons (Fsp3) is 0.600. The molecule has 2 rings (SSSR count). The number of esters is 1. The van der Waals surface area contributed by atoms with E-state index in [1.807, 2.05) is 29.2 Å². The molecule has 1 aromatic carbocycles. The standard InChI is InChI=1S/C20H30N2O6/c1-20(2,3)28-19(25)22-11-15(13-23)21(12-17(22)18(24)27-5)10-14-6-8-16(26-4)9-7-14/h6-9,15,17,23H,10-13H2,1-5H3/t15-,17+/m1/s1. The van der Waals surface area contributed by atoms with Crippen molar-refractivity contribution in [2.24, 2.45) is 0 Å². The van der Waals surface area contributed by atoms with Crippen LogP contribution in [0, 0.1) is 0 Å². The molecule has 156 valence electrons. The summed E-state index contributed by atoms with van der Waals surface area (Å²) in [5.74, 6) is 0.242. The molecule has 0 unspecified atom stereocenters. The van der Waals surface area contributed by atoms with Crippen LogP contribution in [0.4, 0.5) is 4.79 Å². The van der Waals surface area contributed by atoms with Gasteiger partial charge < -0.3 is 19.3 Å². The molecule has 8 nitrogen and oxygen atoms in total. The van der Waals surface area contributed by atoms with Gasteiger partial charge in [0.1, 0.15) is 17.4 Å². The van der Waals surface area contributed by atoms with E-state index in [0.717, 1.165) is 11.3 Å². The van der Waals surface area contributed by atoms with E-state index >= 15 is 0 Å². The van der Waals surface area contributed by atoms with Gasteiger partial charge in [-0.2, -0.15) is 0 Å². The molecule has 1 aromatic rings. The molecule has 28 heavy (non-hydrogen) atoms. The molecule has 1 fully saturated rings. The zero-order valence-electron chi connectivity index (χ0n) is 17.2. The Hall–Kier alpha value is -2.32. The SMILES string of the molecule is COC(=O)[C@@H]1CN(Cc2ccc(OC)cc2)[C@@H](CO)CN1C(=O)OC(C)(C)C. The summed E-state index contributed by atoms with van der Waals surface area (Å²) >= 11 is 0. The first kappa shape index (κ1) is 22.0. The Labute approximate surface area is 166 Å². The molecule has 1 aliphatic rings. The molecule has 8 heteroatoms. The average molecular weight is 394 g/mol. The van der Waals surface area contributed by atoms with Gasteiger partial charge in [0.25, 0.3) is 0 Å². The van der Waals surface area contributed by atoms with E-state index < -0.39 is 23.7 Å². The van der Waals surface area contributed by atoms with Crippen molar-refractivity contribution < 1.29 is 28.9 Å². The summed E-state index contributed by atoms with van der Waals surface area (Å²) in [5, 5.41) is 9.88. The number of hydrogen-bond donors (Lipinski definition) is 1. The molecular formula is C20H30N2O6. The number of benzene rings is 1. The highest BCUT2D eigenvalue weighted by Gasteiger charge is 2.42. The maximum atomic E-state index is 12.6. The lowest BCUT2D eigenvalue weighted by atomic mass is 10.1. The highest BCUT2D eigenvalue weighted by atomic mass is 16.6. The number of aliphatic hydroxyl groups is 1. The number of rotatable bonds is 5. The lowest BCUT2D eigenvalue weighted by molar-refractivity contribution is -0.151. The molecule has 0 saturated carbocycles. The van der Waals surface area contributed by atoms with Gasteiger partial charge in [-0.15, -0.1) is 0 Å². The van der Waals surface area contributed by atoms with Crippen LogP contribution in [0.5, 0.6) is 5.75 Å². The van der Waals surface area contributed by atoms with Gasteiger partial charge in [0.15, 0.2) is 0 Å². The van der Waals surface area contributed by atoms with Crippen LogP contribution in [0.25, 0.3) is 0 Å². The second-order valence-electron chi connectivity index (χ2n) is 7.79. The maximum Gasteiger partial charge on any atom is 0.411 e. The van der Waals surface area contributed by atoms with Gasteiger partial charge in [-0.25, -0.2) is 9.59 Å². The van der Waals surface area contributed by atoms with Crippen molar-refractivity contribution in [3.8, 4) is 5.75 Å². The van der Waals surface area contributed by atoms with Crippen LogP contribution >= 0.6 is 0 Å². The molecule has 0 bridgehead atoms. The van der Waals surface area contributed by atoms with E-state index in [1.54, 1.807) is 27.9 Å². The highest BCUT2D eigenvalue weighted by Crippen LogP contribution is 2.22. The second kappa shape index (κ2) is 9.25. The normalized spacial score (nSPS) is 20.6. The van der Waals surface area contributed by atoms with Gasteiger partial charge in [-0.1, -0.05) is 12.1 Å². The molecule has 1 N–H and O–H groups in total. The molecule has 0 aliphatic carbocycles. The third kappa shape index (κ3) is 5.59. The molecule has 1 aliphatic heterocycles. The summed E-state index contributed by atoms with van der Waals surface area (Å²) < 4.78 is 15.5. The van der Waals surface area contributed by atoms with Crippen molar-refractivity contribution >= 4 is 12.1 Å². The largest absolute Gasteiger partial charge is 0.497 e. The Kier molecular flexibility index (Phi) is 7.26. The minimum Gasteiger partial charge on any atom is -0.497 e. The Morgan fingerprint density at radius 2 is 1.79 bits per heavy atom. The zero-order chi connectivity index (χ0) is 20.9. The Balaban J connectivity index is 2.20. The van der Waals surface area contributed by atoms with Gasteiger partial charge in [0, 0.05) is 19.6 Å². The number of amides is 1. The Morgan fingerprint density at radius 1 is 1.14 bits per heavy atom. The minimum atomic E-state index is -0.805. The average Bonchev–Trinajstić information content (AvgIpc) is 2.66. The molecule has 0 aromatic heterocycles. The fourth-order valence-corrected chi connectivity index (χ4v) is 3.13. The first-order valence-electron chi connectivity index (χ1n) is 9.23. The Bertz CT molecular complexity index is 670. The highest BCUT2D eigenvalue weighted by molar-refractivity contribution is 5.82. The van der Waals surface area contributed by atoms with E-state index in [0.29, 0.717) is 6.54 Å². The van der Waals surface area contributed by atoms with Crippen LogP contribution in [0.3, 0.4) is 0 Å². The molecule has 0 spiro atoms. The minimum absolute atomic E-state index is 0.149. The molecular weight excluding hydrogens is 364 g/mol. The van der Waals surface area contributed by atoms with Crippen molar-refractivity contribution in [1.82, 2.24) is 9.80 Å². The van der Waals surface area contributed by atoms with Gasteiger partial charge in [0.2, 0.25) is 0 Å². The summed E-state index contributed by atoms with van der Waals surface area (Å²) in [6, 6.07) is 6.45. The van der Waals surface area contributed by atoms with E-state index in [-0.39, 0.29) is 25.7 Å². The predicted octanol–water partition coefficient (Wildman–Crippen LogP) is 1.65. The van der Waals surface area contributed by atoms with Crippen molar-refractivity contribution in [2.75, 3.05) is 33.9 Å². The number of ether oxygens (including phenoxy) is 3. The monoisotopic (exact) mass is 394 g/mol.